The van der Waals surface area contributed by atoms with Gasteiger partial charge in [-0.2, -0.15) is 4.98 Å². The highest BCUT2D eigenvalue weighted by molar-refractivity contribution is 6.31. The summed E-state index contributed by atoms with van der Waals surface area (Å²) in [6.45, 7) is 0.901. The van der Waals surface area contributed by atoms with Gasteiger partial charge in [0.15, 0.2) is 5.69 Å². The Bertz CT molecular complexity index is 1160. The predicted octanol–water partition coefficient (Wildman–Crippen LogP) is 4.50. The minimum atomic E-state index is -0.115. The van der Waals surface area contributed by atoms with Crippen molar-refractivity contribution in [3.63, 3.8) is 0 Å². The summed E-state index contributed by atoms with van der Waals surface area (Å²) in [5, 5.41) is 13.9. The largest absolute Gasteiger partial charge is 0.365 e. The fraction of sp³-hybridized carbons (Fsp3) is 0.200. The van der Waals surface area contributed by atoms with Crippen LogP contribution in [0, 0.1) is 0 Å². The molecule has 1 aliphatic rings. The molecule has 1 atom stereocenters. The first-order chi connectivity index (χ1) is 14.2. The first kappa shape index (κ1) is 18.3. The van der Waals surface area contributed by atoms with Gasteiger partial charge < -0.3 is 9.26 Å². The zero-order valence-electron chi connectivity index (χ0n) is 15.1. The lowest BCUT2D eigenvalue weighted by atomic mass is 10.1. The first-order valence-corrected chi connectivity index (χ1v) is 9.79. The van der Waals surface area contributed by atoms with Gasteiger partial charge >= 0.3 is 0 Å². The summed E-state index contributed by atoms with van der Waals surface area (Å²) in [6, 6.07) is 15.2. The summed E-state index contributed by atoms with van der Waals surface area (Å²) < 4.78 is 13.2. The topological polar surface area (TPSA) is 78.9 Å². The lowest BCUT2D eigenvalue weighted by Gasteiger charge is -2.24. The Labute approximate surface area is 176 Å². The van der Waals surface area contributed by atoms with Crippen LogP contribution >= 0.6 is 23.2 Å². The fourth-order valence-electron chi connectivity index (χ4n) is 3.29. The molecular formula is C20H15Cl2N5O2. The summed E-state index contributed by atoms with van der Waals surface area (Å²) in [7, 11) is 0. The third-order valence-electron chi connectivity index (χ3n) is 4.82. The number of halogens is 2. The van der Waals surface area contributed by atoms with Crippen molar-refractivity contribution in [1.29, 1.82) is 0 Å². The van der Waals surface area contributed by atoms with E-state index in [1.54, 1.807) is 0 Å². The van der Waals surface area contributed by atoms with Gasteiger partial charge in [0.25, 0.3) is 0 Å². The van der Waals surface area contributed by atoms with Crippen molar-refractivity contribution in [3.8, 4) is 11.5 Å². The van der Waals surface area contributed by atoms with E-state index >= 15 is 0 Å². The third kappa shape index (κ3) is 3.64. The molecular weight excluding hydrogens is 413 g/mol. The number of benzene rings is 2. The Morgan fingerprint density at radius 1 is 1.07 bits per heavy atom. The van der Waals surface area contributed by atoms with Gasteiger partial charge in [-0.25, -0.2) is 4.68 Å². The van der Waals surface area contributed by atoms with Gasteiger partial charge in [-0.1, -0.05) is 63.9 Å². The third-order valence-corrected chi connectivity index (χ3v) is 5.44. The number of fused-ring (bicyclic) bond motifs is 1. The van der Waals surface area contributed by atoms with Crippen molar-refractivity contribution in [3.05, 3.63) is 81.3 Å². The van der Waals surface area contributed by atoms with E-state index in [9.17, 15) is 0 Å². The van der Waals surface area contributed by atoms with Crippen LogP contribution in [0.2, 0.25) is 10.0 Å². The minimum Gasteiger partial charge on any atom is -0.365 e. The maximum Gasteiger partial charge on any atom is 0.231 e. The molecule has 0 amide bonds. The molecule has 0 bridgehead atoms. The smallest absolute Gasteiger partial charge is 0.231 e. The molecule has 0 saturated heterocycles. The van der Waals surface area contributed by atoms with E-state index in [2.05, 4.69) is 20.5 Å². The SMILES string of the molecule is Clc1ccc(C2Cn3nnc(-c4noc(Cc5ccccc5Cl)n4)c3CO2)cc1. The Hall–Kier alpha value is -2.74. The molecule has 2 aromatic carbocycles. The molecule has 0 spiro atoms. The molecule has 1 unspecified atom stereocenters. The monoisotopic (exact) mass is 427 g/mol. The molecule has 1 aliphatic heterocycles. The maximum atomic E-state index is 6.21. The van der Waals surface area contributed by atoms with E-state index in [1.807, 2.05) is 53.2 Å². The van der Waals surface area contributed by atoms with Crippen molar-refractivity contribution < 1.29 is 9.26 Å². The molecule has 0 saturated carbocycles. The summed E-state index contributed by atoms with van der Waals surface area (Å²) in [5.41, 5.74) is 3.34. The predicted molar refractivity (Wildman–Crippen MR) is 107 cm³/mol. The van der Waals surface area contributed by atoms with Crippen LogP contribution in [0.3, 0.4) is 0 Å². The summed E-state index contributed by atoms with van der Waals surface area (Å²) >= 11 is 12.2. The van der Waals surface area contributed by atoms with Crippen LogP contribution in [0.25, 0.3) is 11.5 Å². The average Bonchev–Trinajstić information content (AvgIpc) is 3.36. The quantitative estimate of drug-likeness (QED) is 0.477. The highest BCUT2D eigenvalue weighted by atomic mass is 35.5. The van der Waals surface area contributed by atoms with Gasteiger partial charge in [-0.05, 0) is 29.3 Å². The zero-order valence-corrected chi connectivity index (χ0v) is 16.6. The van der Waals surface area contributed by atoms with E-state index in [0.29, 0.717) is 47.0 Å². The molecule has 2 aromatic heterocycles. The summed E-state index contributed by atoms with van der Waals surface area (Å²) in [4.78, 5) is 4.46. The Morgan fingerprint density at radius 3 is 2.72 bits per heavy atom. The summed E-state index contributed by atoms with van der Waals surface area (Å²) in [6.07, 6.45) is 0.334. The lowest BCUT2D eigenvalue weighted by Crippen LogP contribution is -2.22. The molecule has 29 heavy (non-hydrogen) atoms. The van der Waals surface area contributed by atoms with Crippen LogP contribution in [0.15, 0.2) is 53.1 Å². The number of ether oxygens (including phenoxy) is 1. The molecule has 146 valence electrons. The first-order valence-electron chi connectivity index (χ1n) is 9.03. The van der Waals surface area contributed by atoms with Gasteiger partial charge in [-0.15, -0.1) is 5.10 Å². The fourth-order valence-corrected chi connectivity index (χ4v) is 3.62. The lowest BCUT2D eigenvalue weighted by molar-refractivity contribution is -0.00111. The van der Waals surface area contributed by atoms with Crippen LogP contribution in [-0.2, 0) is 24.3 Å². The van der Waals surface area contributed by atoms with Gasteiger partial charge in [0.05, 0.1) is 25.3 Å². The van der Waals surface area contributed by atoms with E-state index in [0.717, 1.165) is 16.8 Å². The highest BCUT2D eigenvalue weighted by Gasteiger charge is 2.27. The molecule has 0 aliphatic carbocycles. The van der Waals surface area contributed by atoms with Crippen LogP contribution in [-0.4, -0.2) is 25.1 Å². The second kappa shape index (κ2) is 7.59. The van der Waals surface area contributed by atoms with Crippen molar-refractivity contribution in [2.45, 2.75) is 25.7 Å². The second-order valence-electron chi connectivity index (χ2n) is 6.70. The molecule has 0 N–H and O–H groups in total. The zero-order chi connectivity index (χ0) is 19.8. The van der Waals surface area contributed by atoms with Gasteiger partial charge in [0.2, 0.25) is 11.7 Å². The number of hydrogen-bond donors (Lipinski definition) is 0. The Balaban J connectivity index is 1.36. The minimum absolute atomic E-state index is 0.115. The van der Waals surface area contributed by atoms with Crippen molar-refractivity contribution in [1.82, 2.24) is 25.1 Å². The summed E-state index contributed by atoms with van der Waals surface area (Å²) in [5.74, 6) is 0.854. The van der Waals surface area contributed by atoms with Crippen LogP contribution < -0.4 is 0 Å². The molecule has 3 heterocycles. The highest BCUT2D eigenvalue weighted by Crippen LogP contribution is 2.30. The number of rotatable bonds is 4. The van der Waals surface area contributed by atoms with E-state index in [1.165, 1.54) is 0 Å². The standard InChI is InChI=1S/C20H15Cl2N5O2/c21-14-7-5-12(6-8-14)17-10-27-16(11-28-17)19(24-26-27)20-23-18(29-25-20)9-13-3-1-2-4-15(13)22/h1-8,17H,9-11H2. The number of aromatic nitrogens is 5. The molecule has 7 nitrogen and oxygen atoms in total. The molecule has 0 radical (unpaired) electrons. The van der Waals surface area contributed by atoms with E-state index in [-0.39, 0.29) is 6.10 Å². The van der Waals surface area contributed by atoms with Crippen molar-refractivity contribution in [2.75, 3.05) is 0 Å². The van der Waals surface area contributed by atoms with Crippen molar-refractivity contribution in [2.24, 2.45) is 0 Å². The molecule has 5 rings (SSSR count). The van der Waals surface area contributed by atoms with Crippen LogP contribution in [0.5, 0.6) is 0 Å². The Morgan fingerprint density at radius 2 is 1.90 bits per heavy atom. The molecule has 4 aromatic rings. The average molecular weight is 428 g/mol. The van der Waals surface area contributed by atoms with Gasteiger partial charge in [0.1, 0.15) is 6.10 Å². The van der Waals surface area contributed by atoms with Crippen LogP contribution in [0.4, 0.5) is 0 Å². The van der Waals surface area contributed by atoms with E-state index in [4.69, 9.17) is 32.5 Å². The second-order valence-corrected chi connectivity index (χ2v) is 7.54. The Kier molecular flexibility index (Phi) is 4.79. The number of nitrogens with zero attached hydrogens (tertiary/aromatic N) is 5. The normalized spacial score (nSPS) is 16.0. The molecule has 0 fully saturated rings. The number of hydrogen-bond acceptors (Lipinski definition) is 6. The van der Waals surface area contributed by atoms with Crippen molar-refractivity contribution >= 4 is 23.2 Å². The maximum absolute atomic E-state index is 6.21. The molecule has 9 heteroatoms. The van der Waals surface area contributed by atoms with Gasteiger partial charge in [-0.3, -0.25) is 0 Å². The van der Waals surface area contributed by atoms with E-state index < -0.39 is 0 Å². The van der Waals surface area contributed by atoms with Gasteiger partial charge in [0, 0.05) is 10.0 Å². The van der Waals surface area contributed by atoms with Crippen LogP contribution in [0.1, 0.15) is 28.8 Å².